The summed E-state index contributed by atoms with van der Waals surface area (Å²) in [4.78, 5) is 22.4. The molecule has 22 heavy (non-hydrogen) atoms. The van der Waals surface area contributed by atoms with Crippen molar-refractivity contribution in [3.63, 3.8) is 0 Å². The molecule has 0 unspecified atom stereocenters. The van der Waals surface area contributed by atoms with Crippen LogP contribution in [0.3, 0.4) is 0 Å². The van der Waals surface area contributed by atoms with E-state index in [1.165, 1.54) is 12.1 Å². The van der Waals surface area contributed by atoms with Gasteiger partial charge in [-0.2, -0.15) is 13.2 Å². The van der Waals surface area contributed by atoms with Gasteiger partial charge in [0.05, 0.1) is 11.5 Å². The molecule has 1 aromatic carbocycles. The lowest BCUT2D eigenvalue weighted by atomic mass is 9.76. The van der Waals surface area contributed by atoms with E-state index in [1.54, 1.807) is 0 Å². The quantitative estimate of drug-likeness (QED) is 0.627. The highest BCUT2D eigenvalue weighted by molar-refractivity contribution is 5.82. The maximum atomic E-state index is 12.6. The Balaban J connectivity index is 2.28. The van der Waals surface area contributed by atoms with E-state index in [1.807, 2.05) is 0 Å². The first kappa shape index (κ1) is 16.5. The monoisotopic (exact) mass is 315 g/mol. The summed E-state index contributed by atoms with van der Waals surface area (Å²) in [5.41, 5.74) is -0.379. The smallest absolute Gasteiger partial charge is 0.299 e. The topological polar surface area (TPSA) is 60.2 Å². The van der Waals surface area contributed by atoms with Crippen molar-refractivity contribution in [2.24, 2.45) is 5.92 Å². The van der Waals surface area contributed by atoms with Crippen molar-refractivity contribution in [3.05, 3.63) is 45.5 Å². The molecule has 0 aliphatic heterocycles. The first-order chi connectivity index (χ1) is 10.3. The van der Waals surface area contributed by atoms with E-state index in [0.717, 1.165) is 25.0 Å². The Morgan fingerprint density at radius 1 is 1.23 bits per heavy atom. The maximum absolute atomic E-state index is 12.6. The standard InChI is InChI=1S/C15H16F3NO3/c16-15(17,18)11-7-5-10(6-8-11)13(9-19(21)22)12-3-1-2-4-14(12)20/h5-8,12-13H,1-4,9H2/t12-,13-/m1/s1. The van der Waals surface area contributed by atoms with Gasteiger partial charge >= 0.3 is 6.18 Å². The summed E-state index contributed by atoms with van der Waals surface area (Å²) < 4.78 is 37.8. The van der Waals surface area contributed by atoms with Gasteiger partial charge in [-0.15, -0.1) is 0 Å². The Labute approximate surface area is 125 Å². The van der Waals surface area contributed by atoms with E-state index in [0.29, 0.717) is 18.4 Å². The van der Waals surface area contributed by atoms with E-state index in [4.69, 9.17) is 0 Å². The fourth-order valence-electron chi connectivity index (χ4n) is 2.98. The minimum atomic E-state index is -4.45. The van der Waals surface area contributed by atoms with Crippen LogP contribution in [-0.2, 0) is 11.0 Å². The number of hydrogen-bond acceptors (Lipinski definition) is 3. The number of alkyl halides is 3. The van der Waals surface area contributed by atoms with Crippen LogP contribution in [-0.4, -0.2) is 17.3 Å². The first-order valence-electron chi connectivity index (χ1n) is 7.10. The highest BCUT2D eigenvalue weighted by atomic mass is 19.4. The highest BCUT2D eigenvalue weighted by Gasteiger charge is 2.35. The number of carbonyl (C=O) groups excluding carboxylic acids is 1. The molecule has 120 valence electrons. The Kier molecular flexibility index (Phi) is 4.83. The summed E-state index contributed by atoms with van der Waals surface area (Å²) in [5.74, 6) is -1.17. The normalized spacial score (nSPS) is 20.7. The average Bonchev–Trinajstić information content (AvgIpc) is 2.45. The molecule has 0 saturated heterocycles. The van der Waals surface area contributed by atoms with Crippen LogP contribution in [0.25, 0.3) is 0 Å². The van der Waals surface area contributed by atoms with Crippen LogP contribution >= 0.6 is 0 Å². The molecule has 2 atom stereocenters. The number of ketones is 1. The second-order valence-electron chi connectivity index (χ2n) is 5.56. The Morgan fingerprint density at radius 3 is 2.36 bits per heavy atom. The van der Waals surface area contributed by atoms with Crippen molar-refractivity contribution in [2.45, 2.75) is 37.8 Å². The van der Waals surface area contributed by atoms with Gasteiger partial charge in [0.2, 0.25) is 6.54 Å². The molecule has 0 aromatic heterocycles. The van der Waals surface area contributed by atoms with Gasteiger partial charge in [0, 0.05) is 17.3 Å². The molecular weight excluding hydrogens is 299 g/mol. The molecular formula is C15H16F3NO3. The third kappa shape index (κ3) is 3.84. The molecule has 1 aliphatic rings. The molecule has 0 radical (unpaired) electrons. The van der Waals surface area contributed by atoms with Gasteiger partial charge in [-0.05, 0) is 30.5 Å². The second kappa shape index (κ2) is 6.46. The third-order valence-electron chi connectivity index (χ3n) is 4.10. The zero-order valence-electron chi connectivity index (χ0n) is 11.8. The molecule has 1 fully saturated rings. The van der Waals surface area contributed by atoms with Gasteiger partial charge in [-0.3, -0.25) is 14.9 Å². The molecule has 1 saturated carbocycles. The molecule has 0 amide bonds. The van der Waals surface area contributed by atoms with Crippen LogP contribution in [0, 0.1) is 16.0 Å². The number of hydrogen-bond donors (Lipinski definition) is 0. The van der Waals surface area contributed by atoms with Crippen LogP contribution in [0.5, 0.6) is 0 Å². The lowest BCUT2D eigenvalue weighted by Gasteiger charge is -2.27. The molecule has 1 aromatic rings. The Bertz CT molecular complexity index is 554. The lowest BCUT2D eigenvalue weighted by Crippen LogP contribution is -2.30. The van der Waals surface area contributed by atoms with Crippen LogP contribution < -0.4 is 0 Å². The number of rotatable bonds is 4. The Hall–Kier alpha value is -1.92. The largest absolute Gasteiger partial charge is 0.416 e. The zero-order valence-corrected chi connectivity index (χ0v) is 11.8. The predicted molar refractivity (Wildman–Crippen MR) is 73.0 cm³/mol. The molecule has 0 spiro atoms. The number of nitrogens with zero attached hydrogens (tertiary/aromatic N) is 1. The summed E-state index contributed by atoms with van der Waals surface area (Å²) in [5, 5.41) is 10.9. The summed E-state index contributed by atoms with van der Waals surface area (Å²) in [7, 11) is 0. The average molecular weight is 315 g/mol. The van der Waals surface area contributed by atoms with Crippen LogP contribution in [0.15, 0.2) is 24.3 Å². The van der Waals surface area contributed by atoms with Gasteiger partial charge in [-0.25, -0.2) is 0 Å². The summed E-state index contributed by atoms with van der Waals surface area (Å²) in [6.45, 7) is -0.443. The minimum Gasteiger partial charge on any atom is -0.299 e. The summed E-state index contributed by atoms with van der Waals surface area (Å²) in [6.07, 6.45) is -1.92. The van der Waals surface area contributed by atoms with Crippen molar-refractivity contribution in [2.75, 3.05) is 6.54 Å². The third-order valence-corrected chi connectivity index (χ3v) is 4.10. The minimum absolute atomic E-state index is 0.0296. The van der Waals surface area contributed by atoms with Gasteiger partial charge in [0.25, 0.3) is 0 Å². The van der Waals surface area contributed by atoms with Crippen molar-refractivity contribution in [3.8, 4) is 0 Å². The van der Waals surface area contributed by atoms with Crippen molar-refractivity contribution in [1.82, 2.24) is 0 Å². The fraction of sp³-hybridized carbons (Fsp3) is 0.533. The van der Waals surface area contributed by atoms with Crippen molar-refractivity contribution in [1.29, 1.82) is 0 Å². The van der Waals surface area contributed by atoms with Gasteiger partial charge in [0.1, 0.15) is 5.78 Å². The number of Topliss-reactive ketones (excluding diaryl/α,β-unsaturated/α-hetero) is 1. The van der Waals surface area contributed by atoms with E-state index < -0.39 is 35.0 Å². The van der Waals surface area contributed by atoms with E-state index in [9.17, 15) is 28.1 Å². The second-order valence-corrected chi connectivity index (χ2v) is 5.56. The molecule has 0 heterocycles. The first-order valence-corrected chi connectivity index (χ1v) is 7.10. The number of benzene rings is 1. The predicted octanol–water partition coefficient (Wildman–Crippen LogP) is 3.83. The fourth-order valence-corrected chi connectivity index (χ4v) is 2.98. The molecule has 2 rings (SSSR count). The van der Waals surface area contributed by atoms with Gasteiger partial charge in [0.15, 0.2) is 0 Å². The van der Waals surface area contributed by atoms with Crippen molar-refractivity contribution >= 4 is 5.78 Å². The number of carbonyl (C=O) groups is 1. The van der Waals surface area contributed by atoms with E-state index >= 15 is 0 Å². The maximum Gasteiger partial charge on any atom is 0.416 e. The van der Waals surface area contributed by atoms with Crippen LogP contribution in [0.1, 0.15) is 42.7 Å². The lowest BCUT2D eigenvalue weighted by molar-refractivity contribution is -0.484. The summed E-state index contributed by atoms with van der Waals surface area (Å²) >= 11 is 0. The number of nitro groups is 1. The number of halogens is 3. The molecule has 1 aliphatic carbocycles. The van der Waals surface area contributed by atoms with Crippen molar-refractivity contribution < 1.29 is 22.9 Å². The molecule has 4 nitrogen and oxygen atoms in total. The van der Waals surface area contributed by atoms with Crippen LogP contribution in [0.2, 0.25) is 0 Å². The summed E-state index contributed by atoms with van der Waals surface area (Å²) in [6, 6.07) is 4.32. The van der Waals surface area contributed by atoms with Gasteiger partial charge in [-0.1, -0.05) is 18.6 Å². The van der Waals surface area contributed by atoms with E-state index in [2.05, 4.69) is 0 Å². The Morgan fingerprint density at radius 2 is 1.86 bits per heavy atom. The molecule has 0 bridgehead atoms. The zero-order chi connectivity index (χ0) is 16.3. The SMILES string of the molecule is O=C1CCCC[C@@H]1[C@H](C[N+](=O)[O-])c1ccc(C(F)(F)F)cc1. The van der Waals surface area contributed by atoms with E-state index in [-0.39, 0.29) is 5.78 Å². The van der Waals surface area contributed by atoms with Crippen LogP contribution in [0.4, 0.5) is 13.2 Å². The molecule has 7 heteroatoms. The van der Waals surface area contributed by atoms with Gasteiger partial charge < -0.3 is 0 Å². The molecule has 0 N–H and O–H groups in total. The highest BCUT2D eigenvalue weighted by Crippen LogP contribution is 2.36.